The van der Waals surface area contributed by atoms with Gasteiger partial charge in [-0.15, -0.1) is 5.48 Å². The van der Waals surface area contributed by atoms with Gasteiger partial charge in [-0.05, 0) is 31.9 Å². The van der Waals surface area contributed by atoms with Crippen LogP contribution in [-0.2, 0) is 16.2 Å². The number of halogens is 2. The number of benzene rings is 1. The first-order chi connectivity index (χ1) is 16.3. The van der Waals surface area contributed by atoms with E-state index in [1.54, 1.807) is 24.1 Å². The van der Waals surface area contributed by atoms with E-state index in [1.165, 1.54) is 6.07 Å². The summed E-state index contributed by atoms with van der Waals surface area (Å²) in [6, 6.07) is 6.42. The average Bonchev–Trinajstić information content (AvgIpc) is 3.46. The molecule has 6 rings (SSSR count). The molecule has 2 fully saturated rings. The molecular formula is C23H22F2N6O3. The number of likely N-dealkylation sites (N-methyl/N-ethyl adjacent to an activating group) is 1. The van der Waals surface area contributed by atoms with E-state index >= 15 is 0 Å². The lowest BCUT2D eigenvalue weighted by Gasteiger charge is -2.31. The zero-order valence-electron chi connectivity index (χ0n) is 18.5. The van der Waals surface area contributed by atoms with Crippen molar-refractivity contribution >= 4 is 22.9 Å². The number of hydroxylamine groups is 1. The molecule has 34 heavy (non-hydrogen) atoms. The van der Waals surface area contributed by atoms with Crippen molar-refractivity contribution in [3.05, 3.63) is 47.0 Å². The lowest BCUT2D eigenvalue weighted by molar-refractivity contribution is -0.135. The van der Waals surface area contributed by atoms with Crippen molar-refractivity contribution in [3.8, 4) is 11.3 Å². The van der Waals surface area contributed by atoms with Crippen LogP contribution in [0.4, 0.5) is 13.6 Å². The van der Waals surface area contributed by atoms with Crippen molar-refractivity contribution in [1.29, 1.82) is 0 Å². The lowest BCUT2D eigenvalue weighted by atomic mass is 9.99. The molecule has 0 spiro atoms. The number of nitrogens with zero attached hydrogens (tertiary/aromatic N) is 4. The quantitative estimate of drug-likeness (QED) is 0.606. The highest BCUT2D eigenvalue weighted by Gasteiger charge is 2.39. The summed E-state index contributed by atoms with van der Waals surface area (Å²) in [7, 11) is 1.76. The number of alkyl halides is 2. The fourth-order valence-corrected chi connectivity index (χ4v) is 4.90. The molecule has 1 aliphatic carbocycles. The zero-order chi connectivity index (χ0) is 23.7. The second-order valence-electron chi connectivity index (χ2n) is 9.00. The number of carbonyl (C=O) groups excluding carboxylic acids is 2. The molecule has 0 bridgehead atoms. The third-order valence-corrected chi connectivity index (χ3v) is 6.70. The first-order valence-electron chi connectivity index (χ1n) is 11.1. The van der Waals surface area contributed by atoms with E-state index in [1.807, 2.05) is 17.6 Å². The van der Waals surface area contributed by atoms with Gasteiger partial charge in [-0.3, -0.25) is 10.1 Å². The molecule has 2 atom stereocenters. The SMILES string of the molecule is C[C@H]1C(=O)N(C)Cc2c(-c3cccc4nc(C5NOC(=O)N5)c(C(F)F)cc34)nc(C3CC3)n21. The van der Waals surface area contributed by atoms with Crippen LogP contribution in [0.5, 0.6) is 0 Å². The van der Waals surface area contributed by atoms with Crippen molar-refractivity contribution < 1.29 is 23.2 Å². The van der Waals surface area contributed by atoms with Crippen molar-refractivity contribution in [2.45, 2.75) is 50.9 Å². The second-order valence-corrected chi connectivity index (χ2v) is 9.00. The topological polar surface area (TPSA) is 101 Å². The highest BCUT2D eigenvalue weighted by Crippen LogP contribution is 2.45. The van der Waals surface area contributed by atoms with Crippen LogP contribution in [0.1, 0.15) is 67.1 Å². The summed E-state index contributed by atoms with van der Waals surface area (Å²) in [6.45, 7) is 2.26. The Morgan fingerprint density at radius 1 is 1.21 bits per heavy atom. The summed E-state index contributed by atoms with van der Waals surface area (Å²) < 4.78 is 30.2. The molecule has 0 radical (unpaired) electrons. The van der Waals surface area contributed by atoms with E-state index in [2.05, 4.69) is 20.6 Å². The molecule has 2 aliphatic heterocycles. The van der Waals surface area contributed by atoms with Crippen molar-refractivity contribution in [2.75, 3.05) is 7.05 Å². The maximum atomic E-state index is 14.1. The molecular weight excluding hydrogens is 446 g/mol. The van der Waals surface area contributed by atoms with Crippen LogP contribution >= 0.6 is 0 Å². The molecule has 1 aromatic carbocycles. The Bertz CT molecular complexity index is 1350. The first-order valence-corrected chi connectivity index (χ1v) is 11.1. The van der Waals surface area contributed by atoms with Crippen LogP contribution < -0.4 is 10.8 Å². The van der Waals surface area contributed by atoms with Crippen LogP contribution in [0, 0.1) is 0 Å². The van der Waals surface area contributed by atoms with Gasteiger partial charge in [-0.2, -0.15) is 0 Å². The van der Waals surface area contributed by atoms with Crippen LogP contribution in [0.2, 0.25) is 0 Å². The molecule has 2 amide bonds. The normalized spacial score (nSPS) is 22.3. The standard InChI is InChI=1S/C23H22F2N6O3/c1-10-22(32)30(2)9-16-17(27-21(31(10)16)11-6-7-11)12-4-3-5-15-13(12)8-14(19(24)25)18(26-15)20-28-23(33)34-29-20/h3-5,8,10-11,19-20,29H,6-7,9H2,1-2H3,(H,28,33)/t10-,20?/m0/s1. The number of amides is 2. The number of fused-ring (bicyclic) bond motifs is 2. The number of imidazole rings is 1. The maximum absolute atomic E-state index is 14.1. The van der Waals surface area contributed by atoms with Gasteiger partial charge < -0.3 is 14.3 Å². The Balaban J connectivity index is 1.56. The van der Waals surface area contributed by atoms with E-state index in [4.69, 9.17) is 4.98 Å². The molecule has 1 unspecified atom stereocenters. The van der Waals surface area contributed by atoms with Gasteiger partial charge in [-0.1, -0.05) is 12.1 Å². The second kappa shape index (κ2) is 7.45. The van der Waals surface area contributed by atoms with Crippen LogP contribution in [-0.4, -0.2) is 38.5 Å². The molecule has 176 valence electrons. The van der Waals surface area contributed by atoms with E-state index in [-0.39, 0.29) is 23.2 Å². The Morgan fingerprint density at radius 2 is 2.00 bits per heavy atom. The molecule has 2 aromatic heterocycles. The smallest absolute Gasteiger partial charge is 0.351 e. The Hall–Kier alpha value is -3.60. The molecule has 3 aliphatic rings. The fourth-order valence-electron chi connectivity index (χ4n) is 4.90. The first kappa shape index (κ1) is 21.0. The molecule has 11 heteroatoms. The van der Waals surface area contributed by atoms with Gasteiger partial charge in [-0.25, -0.2) is 23.5 Å². The van der Waals surface area contributed by atoms with Crippen LogP contribution in [0.3, 0.4) is 0 Å². The van der Waals surface area contributed by atoms with Gasteiger partial charge in [0.2, 0.25) is 5.91 Å². The Labute approximate surface area is 193 Å². The van der Waals surface area contributed by atoms with Crippen molar-refractivity contribution in [3.63, 3.8) is 0 Å². The molecule has 9 nitrogen and oxygen atoms in total. The minimum atomic E-state index is -2.82. The molecule has 3 aromatic rings. The van der Waals surface area contributed by atoms with Gasteiger partial charge >= 0.3 is 6.09 Å². The number of pyridine rings is 1. The highest BCUT2D eigenvalue weighted by molar-refractivity contribution is 5.95. The van der Waals surface area contributed by atoms with Gasteiger partial charge in [0.05, 0.1) is 29.1 Å². The van der Waals surface area contributed by atoms with Gasteiger partial charge in [0.1, 0.15) is 11.9 Å². The Kier molecular flexibility index (Phi) is 4.60. The summed E-state index contributed by atoms with van der Waals surface area (Å²) >= 11 is 0. The third kappa shape index (κ3) is 3.14. The summed E-state index contributed by atoms with van der Waals surface area (Å²) in [6.07, 6.45) is -2.52. The Morgan fingerprint density at radius 3 is 2.68 bits per heavy atom. The number of aromatic nitrogens is 3. The highest BCUT2D eigenvalue weighted by atomic mass is 19.3. The molecule has 1 saturated heterocycles. The monoisotopic (exact) mass is 468 g/mol. The van der Waals surface area contributed by atoms with Gasteiger partial charge in [0, 0.05) is 29.5 Å². The van der Waals surface area contributed by atoms with Crippen molar-refractivity contribution in [1.82, 2.24) is 30.2 Å². The average molecular weight is 468 g/mol. The minimum absolute atomic E-state index is 0.00464. The van der Waals surface area contributed by atoms with Crippen LogP contribution in [0.25, 0.3) is 22.2 Å². The largest absolute Gasteiger partial charge is 0.427 e. The number of hydrogen-bond donors (Lipinski definition) is 2. The third-order valence-electron chi connectivity index (χ3n) is 6.70. The lowest BCUT2D eigenvalue weighted by Crippen LogP contribution is -2.39. The number of hydrogen-bond acceptors (Lipinski definition) is 6. The fraction of sp³-hybridized carbons (Fsp3) is 0.391. The predicted molar refractivity (Wildman–Crippen MR) is 117 cm³/mol. The summed E-state index contributed by atoms with van der Waals surface area (Å²) in [5, 5.41) is 2.96. The molecule has 2 N–H and O–H groups in total. The summed E-state index contributed by atoms with van der Waals surface area (Å²) in [5.41, 5.74) is 4.84. The van der Waals surface area contributed by atoms with E-state index in [0.29, 0.717) is 34.6 Å². The zero-order valence-corrected chi connectivity index (χ0v) is 18.5. The predicted octanol–water partition coefficient (Wildman–Crippen LogP) is 3.69. The van der Waals surface area contributed by atoms with E-state index in [9.17, 15) is 18.4 Å². The number of rotatable bonds is 4. The summed E-state index contributed by atoms with van der Waals surface area (Å²) in [5.74, 6) is 1.21. The van der Waals surface area contributed by atoms with E-state index < -0.39 is 18.7 Å². The van der Waals surface area contributed by atoms with E-state index in [0.717, 1.165) is 24.4 Å². The number of carbonyl (C=O) groups is 2. The molecule has 1 saturated carbocycles. The van der Waals surface area contributed by atoms with Crippen LogP contribution in [0.15, 0.2) is 24.3 Å². The van der Waals surface area contributed by atoms with Gasteiger partial charge in [0.25, 0.3) is 6.43 Å². The summed E-state index contributed by atoms with van der Waals surface area (Å²) in [4.78, 5) is 39.9. The van der Waals surface area contributed by atoms with Gasteiger partial charge in [0.15, 0.2) is 6.17 Å². The molecule has 4 heterocycles. The minimum Gasteiger partial charge on any atom is -0.351 e. The maximum Gasteiger partial charge on any atom is 0.427 e. The van der Waals surface area contributed by atoms with Crippen molar-refractivity contribution in [2.24, 2.45) is 0 Å². The number of nitrogens with one attached hydrogen (secondary N) is 2.